The van der Waals surface area contributed by atoms with Crippen molar-refractivity contribution in [3.63, 3.8) is 0 Å². The number of ether oxygens (including phenoxy) is 1. The highest BCUT2D eigenvalue weighted by atomic mass is 16.5. The molecule has 108 valence electrons. The second kappa shape index (κ2) is 7.24. The number of nitrogens with zero attached hydrogens (tertiary/aromatic N) is 1. The fourth-order valence-corrected chi connectivity index (χ4v) is 2.16. The molecule has 1 atom stereocenters. The highest BCUT2D eigenvalue weighted by molar-refractivity contribution is 5.57. The van der Waals surface area contributed by atoms with E-state index in [1.165, 1.54) is 0 Å². The normalized spacial score (nSPS) is 12.8. The lowest BCUT2D eigenvalue weighted by Crippen LogP contribution is -2.31. The first-order valence-corrected chi connectivity index (χ1v) is 6.68. The average Bonchev–Trinajstić information content (AvgIpc) is 2.88. The Morgan fingerprint density at radius 3 is 2.65 bits per heavy atom. The second-order valence-electron chi connectivity index (χ2n) is 4.94. The maximum Gasteiger partial charge on any atom is 0.134 e. The Morgan fingerprint density at radius 2 is 1.95 bits per heavy atom. The minimum atomic E-state index is -0.478. The largest absolute Gasteiger partial charge is 0.460 e. The smallest absolute Gasteiger partial charge is 0.134 e. The Morgan fingerprint density at radius 1 is 1.20 bits per heavy atom. The molecule has 0 radical (unpaired) electrons. The van der Waals surface area contributed by atoms with Crippen molar-refractivity contribution in [1.82, 2.24) is 4.90 Å². The van der Waals surface area contributed by atoms with Crippen LogP contribution >= 0.6 is 0 Å². The van der Waals surface area contributed by atoms with E-state index >= 15 is 0 Å². The molecule has 0 fully saturated rings. The zero-order valence-electron chi connectivity index (χ0n) is 12.0. The van der Waals surface area contributed by atoms with Crippen LogP contribution in [0.3, 0.4) is 0 Å². The Kier molecular flexibility index (Phi) is 5.35. The van der Waals surface area contributed by atoms with Crippen molar-refractivity contribution in [2.24, 2.45) is 0 Å². The number of furan rings is 1. The van der Waals surface area contributed by atoms with Gasteiger partial charge in [-0.05, 0) is 19.2 Å². The molecule has 20 heavy (non-hydrogen) atoms. The zero-order chi connectivity index (χ0) is 14.4. The summed E-state index contributed by atoms with van der Waals surface area (Å²) in [6.07, 6.45) is -0.478. The molecular weight excluding hydrogens is 254 g/mol. The predicted octanol–water partition coefficient (Wildman–Crippen LogP) is 2.39. The van der Waals surface area contributed by atoms with Crippen molar-refractivity contribution in [3.8, 4) is 11.3 Å². The highest BCUT2D eigenvalue weighted by Gasteiger charge is 2.11. The van der Waals surface area contributed by atoms with Crippen LogP contribution in [0.5, 0.6) is 0 Å². The van der Waals surface area contributed by atoms with E-state index in [1.54, 1.807) is 7.11 Å². The lowest BCUT2D eigenvalue weighted by atomic mass is 10.2. The van der Waals surface area contributed by atoms with Crippen LogP contribution in [-0.4, -0.2) is 43.4 Å². The molecule has 0 bridgehead atoms. The van der Waals surface area contributed by atoms with Gasteiger partial charge in [-0.1, -0.05) is 30.3 Å². The maximum absolute atomic E-state index is 9.68. The molecule has 4 heteroatoms. The van der Waals surface area contributed by atoms with Crippen LogP contribution in [-0.2, 0) is 11.3 Å². The Balaban J connectivity index is 1.93. The third-order valence-corrected chi connectivity index (χ3v) is 3.03. The Hall–Kier alpha value is -1.62. The molecule has 4 nitrogen and oxygen atoms in total. The molecule has 0 amide bonds. The molecule has 0 aliphatic heterocycles. The lowest BCUT2D eigenvalue weighted by Gasteiger charge is -2.18. The quantitative estimate of drug-likeness (QED) is 0.842. The van der Waals surface area contributed by atoms with Crippen molar-refractivity contribution in [1.29, 1.82) is 0 Å². The summed E-state index contributed by atoms with van der Waals surface area (Å²) in [6, 6.07) is 14.0. The van der Waals surface area contributed by atoms with Crippen LogP contribution in [0.25, 0.3) is 11.3 Å². The molecule has 1 N–H and O–H groups in total. The van der Waals surface area contributed by atoms with Crippen LogP contribution in [0.15, 0.2) is 46.9 Å². The first-order chi connectivity index (χ1) is 9.69. The van der Waals surface area contributed by atoms with E-state index in [4.69, 9.17) is 9.15 Å². The third-order valence-electron chi connectivity index (χ3n) is 3.03. The third kappa shape index (κ3) is 4.20. The van der Waals surface area contributed by atoms with Crippen LogP contribution in [0.2, 0.25) is 0 Å². The number of methoxy groups -OCH3 is 1. The van der Waals surface area contributed by atoms with Gasteiger partial charge in [0, 0.05) is 19.2 Å². The summed E-state index contributed by atoms with van der Waals surface area (Å²) < 4.78 is 10.7. The Bertz CT molecular complexity index is 509. The molecule has 1 aromatic heterocycles. The summed E-state index contributed by atoms with van der Waals surface area (Å²) in [5.74, 6) is 1.75. The molecule has 1 unspecified atom stereocenters. The van der Waals surface area contributed by atoms with E-state index in [0.29, 0.717) is 19.7 Å². The SMILES string of the molecule is COCC(O)CN(C)Cc1ccc(-c2ccccc2)o1. The van der Waals surface area contributed by atoms with Gasteiger partial charge in [0.15, 0.2) is 0 Å². The van der Waals surface area contributed by atoms with Crippen molar-refractivity contribution < 1.29 is 14.3 Å². The molecule has 2 rings (SSSR count). The summed E-state index contributed by atoms with van der Waals surface area (Å²) in [4.78, 5) is 2.01. The molecule has 0 saturated heterocycles. The number of hydrogen-bond donors (Lipinski definition) is 1. The molecule has 1 aromatic carbocycles. The zero-order valence-corrected chi connectivity index (χ0v) is 12.0. The summed E-state index contributed by atoms with van der Waals surface area (Å²) in [5.41, 5.74) is 1.07. The lowest BCUT2D eigenvalue weighted by molar-refractivity contribution is 0.0407. The van der Waals surface area contributed by atoms with Gasteiger partial charge in [-0.2, -0.15) is 0 Å². The number of aliphatic hydroxyl groups excluding tert-OH is 1. The monoisotopic (exact) mass is 275 g/mol. The van der Waals surface area contributed by atoms with Crippen molar-refractivity contribution in [2.75, 3.05) is 27.3 Å². The fourth-order valence-electron chi connectivity index (χ4n) is 2.16. The number of aliphatic hydroxyl groups is 1. The number of likely N-dealkylation sites (N-methyl/N-ethyl adjacent to an activating group) is 1. The number of benzene rings is 1. The van der Waals surface area contributed by atoms with E-state index in [2.05, 4.69) is 0 Å². The maximum atomic E-state index is 9.68. The van der Waals surface area contributed by atoms with Crippen LogP contribution in [0.1, 0.15) is 5.76 Å². The molecule has 2 aromatic rings. The predicted molar refractivity (Wildman–Crippen MR) is 78.4 cm³/mol. The van der Waals surface area contributed by atoms with Gasteiger partial charge in [-0.15, -0.1) is 0 Å². The van der Waals surface area contributed by atoms with Crippen LogP contribution in [0, 0.1) is 0 Å². The van der Waals surface area contributed by atoms with E-state index < -0.39 is 6.10 Å². The van der Waals surface area contributed by atoms with Gasteiger partial charge < -0.3 is 14.3 Å². The number of rotatable bonds is 7. The van der Waals surface area contributed by atoms with Crippen LogP contribution < -0.4 is 0 Å². The van der Waals surface area contributed by atoms with Crippen LogP contribution in [0.4, 0.5) is 0 Å². The Labute approximate surface area is 119 Å². The van der Waals surface area contributed by atoms with E-state index in [-0.39, 0.29) is 0 Å². The van der Waals surface area contributed by atoms with Crippen molar-refractivity contribution in [3.05, 3.63) is 48.2 Å². The first-order valence-electron chi connectivity index (χ1n) is 6.68. The molecule has 0 spiro atoms. The van der Waals surface area contributed by atoms with E-state index in [9.17, 15) is 5.11 Å². The minimum absolute atomic E-state index is 0.345. The van der Waals surface area contributed by atoms with Gasteiger partial charge in [-0.3, -0.25) is 4.90 Å². The first kappa shape index (κ1) is 14.8. The van der Waals surface area contributed by atoms with E-state index in [0.717, 1.165) is 17.1 Å². The van der Waals surface area contributed by atoms with Crippen molar-refractivity contribution in [2.45, 2.75) is 12.6 Å². The molecule has 1 heterocycles. The van der Waals surface area contributed by atoms with Gasteiger partial charge in [0.1, 0.15) is 11.5 Å². The second-order valence-corrected chi connectivity index (χ2v) is 4.94. The summed E-state index contributed by atoms with van der Waals surface area (Å²) in [7, 11) is 3.53. The standard InChI is InChI=1S/C16H21NO3/c1-17(10-14(18)12-19-2)11-15-8-9-16(20-15)13-6-4-3-5-7-13/h3-9,14,18H,10-12H2,1-2H3. The summed E-state index contributed by atoms with van der Waals surface area (Å²) >= 11 is 0. The average molecular weight is 275 g/mol. The van der Waals surface area contributed by atoms with Gasteiger partial charge >= 0.3 is 0 Å². The molecule has 0 aliphatic carbocycles. The van der Waals surface area contributed by atoms with E-state index in [1.807, 2.05) is 54.4 Å². The summed E-state index contributed by atoms with van der Waals surface area (Å²) in [6.45, 7) is 1.56. The topological polar surface area (TPSA) is 45.8 Å². The van der Waals surface area contributed by atoms with Gasteiger partial charge in [0.2, 0.25) is 0 Å². The fraction of sp³-hybridized carbons (Fsp3) is 0.375. The molecule has 0 aliphatic rings. The van der Waals surface area contributed by atoms with Gasteiger partial charge in [-0.25, -0.2) is 0 Å². The highest BCUT2D eigenvalue weighted by Crippen LogP contribution is 2.22. The minimum Gasteiger partial charge on any atom is -0.460 e. The van der Waals surface area contributed by atoms with Crippen molar-refractivity contribution >= 4 is 0 Å². The van der Waals surface area contributed by atoms with Gasteiger partial charge in [0.05, 0.1) is 19.3 Å². The molecular formula is C16H21NO3. The number of hydrogen-bond acceptors (Lipinski definition) is 4. The molecule has 0 saturated carbocycles. The van der Waals surface area contributed by atoms with Gasteiger partial charge in [0.25, 0.3) is 0 Å². The summed E-state index contributed by atoms with van der Waals surface area (Å²) in [5, 5.41) is 9.68.